The van der Waals surface area contributed by atoms with E-state index in [-0.39, 0.29) is 35.6 Å². The van der Waals surface area contributed by atoms with Gasteiger partial charge in [0.25, 0.3) is 5.91 Å². The van der Waals surface area contributed by atoms with Crippen LogP contribution in [0.15, 0.2) is 71.6 Å². The van der Waals surface area contributed by atoms with Gasteiger partial charge in [-0.15, -0.1) is 0 Å². The second-order valence-corrected chi connectivity index (χ2v) is 12.1. The Morgan fingerprint density at radius 3 is 2.45 bits per heavy atom. The molecule has 1 aromatic heterocycles. The first kappa shape index (κ1) is 28.4. The minimum absolute atomic E-state index is 0.0301. The Kier molecular flexibility index (Phi) is 8.08. The minimum Gasteiger partial charge on any atom is -0.394 e. The molecule has 2 unspecified atom stereocenters. The van der Waals surface area contributed by atoms with Gasteiger partial charge < -0.3 is 15.0 Å². The second-order valence-electron chi connectivity index (χ2n) is 9.90. The maximum absolute atomic E-state index is 13.7. The number of amides is 1. The number of aliphatic hydroxyl groups is 1. The smallest absolute Gasteiger partial charge is 0.394 e. The molecule has 0 spiro atoms. The molecule has 1 amide bonds. The maximum atomic E-state index is 13.7. The summed E-state index contributed by atoms with van der Waals surface area (Å²) in [5.74, 6) is 0.106. The molecule has 10 heteroatoms. The van der Waals surface area contributed by atoms with Gasteiger partial charge in [-0.2, -0.15) is 13.2 Å². The van der Waals surface area contributed by atoms with Crippen LogP contribution in [0.3, 0.4) is 0 Å². The van der Waals surface area contributed by atoms with Crippen molar-refractivity contribution in [3.8, 4) is 0 Å². The van der Waals surface area contributed by atoms with E-state index in [1.807, 2.05) is 19.1 Å². The number of rotatable bonds is 9. The highest BCUT2D eigenvalue weighted by atomic mass is 35.5. The second kappa shape index (κ2) is 11.4. The standard InChI is InChI=1S/C30H28ClF3N2O3S/c1-2-40(39)25-10-4-18(5-11-25)27(17-37)35-29(38)20-6-12-28-21(13-20)15-24(36(28)23-8-9-23)14-19-3-7-22(31)16-26(19)30(32,33)34/h3-7,10-13,15-16,23,27,37H,2,8-9,14,17H2,1H3,(H,35,38). The first-order valence-electron chi connectivity index (χ1n) is 13.0. The number of carbonyl (C=O) groups is 1. The van der Waals surface area contributed by atoms with Crippen molar-refractivity contribution in [3.63, 3.8) is 0 Å². The Hall–Kier alpha value is -3.14. The highest BCUT2D eigenvalue weighted by Gasteiger charge is 2.34. The number of benzene rings is 3. The number of fused-ring (bicyclic) bond motifs is 1. The topological polar surface area (TPSA) is 71.3 Å². The van der Waals surface area contributed by atoms with Crippen LogP contribution in [-0.4, -0.2) is 32.1 Å². The van der Waals surface area contributed by atoms with Crippen molar-refractivity contribution >= 4 is 39.2 Å². The third-order valence-corrected chi connectivity index (χ3v) is 8.69. The molecule has 1 saturated carbocycles. The van der Waals surface area contributed by atoms with Crippen molar-refractivity contribution in [2.75, 3.05) is 12.4 Å². The summed E-state index contributed by atoms with van der Waals surface area (Å²) < 4.78 is 55.3. The Morgan fingerprint density at radius 1 is 1.10 bits per heavy atom. The molecule has 1 heterocycles. The molecule has 3 aromatic carbocycles. The Bertz CT molecular complexity index is 1580. The number of hydrogen-bond donors (Lipinski definition) is 2. The predicted molar refractivity (Wildman–Crippen MR) is 150 cm³/mol. The quantitative estimate of drug-likeness (QED) is 0.225. The molecule has 5 nitrogen and oxygen atoms in total. The summed E-state index contributed by atoms with van der Waals surface area (Å²) >= 11 is 5.87. The van der Waals surface area contributed by atoms with Crippen LogP contribution in [0.5, 0.6) is 0 Å². The average Bonchev–Trinajstić information content (AvgIpc) is 3.71. The first-order chi connectivity index (χ1) is 19.1. The van der Waals surface area contributed by atoms with Gasteiger partial charge in [0.05, 0.1) is 29.0 Å². The fourth-order valence-electron chi connectivity index (χ4n) is 4.99. The molecular weight excluding hydrogens is 561 g/mol. The molecule has 2 atom stereocenters. The summed E-state index contributed by atoms with van der Waals surface area (Å²) in [5, 5.41) is 13.6. The van der Waals surface area contributed by atoms with Crippen molar-refractivity contribution in [2.45, 2.75) is 49.3 Å². The van der Waals surface area contributed by atoms with Gasteiger partial charge in [-0.25, -0.2) is 0 Å². The fraction of sp³-hybridized carbons (Fsp3) is 0.300. The molecule has 4 aromatic rings. The SMILES string of the molecule is CCS(=O)c1ccc(C(CO)NC(=O)c2ccc3c(c2)cc(Cc2ccc(Cl)cc2C(F)(F)F)n3C2CC2)cc1. The van der Waals surface area contributed by atoms with Gasteiger partial charge in [-0.1, -0.05) is 36.7 Å². The molecule has 0 radical (unpaired) electrons. The highest BCUT2D eigenvalue weighted by Crippen LogP contribution is 2.41. The summed E-state index contributed by atoms with van der Waals surface area (Å²) in [7, 11) is -1.10. The highest BCUT2D eigenvalue weighted by molar-refractivity contribution is 7.85. The van der Waals surface area contributed by atoms with Gasteiger partial charge in [0.2, 0.25) is 0 Å². The summed E-state index contributed by atoms with van der Waals surface area (Å²) in [6, 6.07) is 17.4. The van der Waals surface area contributed by atoms with Crippen molar-refractivity contribution in [1.82, 2.24) is 9.88 Å². The van der Waals surface area contributed by atoms with Gasteiger partial charge in [0.1, 0.15) is 0 Å². The normalized spacial score (nSPS) is 15.2. The van der Waals surface area contributed by atoms with Crippen LogP contribution >= 0.6 is 11.6 Å². The zero-order valence-electron chi connectivity index (χ0n) is 21.7. The molecule has 40 heavy (non-hydrogen) atoms. The molecule has 210 valence electrons. The lowest BCUT2D eigenvalue weighted by Gasteiger charge is -2.17. The molecule has 5 rings (SSSR count). The summed E-state index contributed by atoms with van der Waals surface area (Å²) in [6.45, 7) is 1.51. The van der Waals surface area contributed by atoms with Crippen molar-refractivity contribution in [2.24, 2.45) is 0 Å². The first-order valence-corrected chi connectivity index (χ1v) is 14.7. The third kappa shape index (κ3) is 5.96. The zero-order chi connectivity index (χ0) is 28.6. The summed E-state index contributed by atoms with van der Waals surface area (Å²) in [5.41, 5.74) is 2.03. The predicted octanol–water partition coefficient (Wildman–Crippen LogP) is 6.83. The van der Waals surface area contributed by atoms with Gasteiger partial charge in [-0.3, -0.25) is 9.00 Å². The third-order valence-electron chi connectivity index (χ3n) is 7.14. The van der Waals surface area contributed by atoms with Gasteiger partial charge in [-0.05, 0) is 72.5 Å². The van der Waals surface area contributed by atoms with E-state index in [2.05, 4.69) is 9.88 Å². The Morgan fingerprint density at radius 2 is 1.82 bits per heavy atom. The fourth-order valence-corrected chi connectivity index (χ4v) is 5.94. The van der Waals surface area contributed by atoms with E-state index in [9.17, 15) is 27.3 Å². The van der Waals surface area contributed by atoms with Gasteiger partial charge in [0.15, 0.2) is 0 Å². The average molecular weight is 589 g/mol. The van der Waals surface area contributed by atoms with E-state index in [0.717, 1.165) is 35.5 Å². The number of carbonyl (C=O) groups excluding carboxylic acids is 1. The zero-order valence-corrected chi connectivity index (χ0v) is 23.2. The molecule has 1 aliphatic rings. The maximum Gasteiger partial charge on any atom is 0.416 e. The van der Waals surface area contributed by atoms with Crippen LogP contribution < -0.4 is 5.32 Å². The van der Waals surface area contributed by atoms with Gasteiger partial charge >= 0.3 is 6.18 Å². The molecule has 0 aliphatic heterocycles. The number of aliphatic hydroxyl groups excluding tert-OH is 1. The van der Waals surface area contributed by atoms with Crippen LogP contribution in [0, 0.1) is 0 Å². The lowest BCUT2D eigenvalue weighted by Crippen LogP contribution is -2.30. The minimum atomic E-state index is -4.53. The van der Waals surface area contributed by atoms with Crippen LogP contribution in [0.25, 0.3) is 10.9 Å². The van der Waals surface area contributed by atoms with E-state index in [1.54, 1.807) is 36.4 Å². The number of aromatic nitrogens is 1. The monoisotopic (exact) mass is 588 g/mol. The van der Waals surface area contributed by atoms with Crippen LogP contribution in [0.2, 0.25) is 5.02 Å². The van der Waals surface area contributed by atoms with E-state index < -0.39 is 28.6 Å². The van der Waals surface area contributed by atoms with E-state index in [0.29, 0.717) is 21.8 Å². The largest absolute Gasteiger partial charge is 0.416 e. The van der Waals surface area contributed by atoms with Crippen molar-refractivity contribution in [3.05, 3.63) is 99.7 Å². The molecule has 0 saturated heterocycles. The Balaban J connectivity index is 1.42. The molecule has 2 N–H and O–H groups in total. The number of nitrogens with zero attached hydrogens (tertiary/aromatic N) is 1. The number of halogens is 4. The molecular formula is C30H28ClF3N2O3S. The summed E-state index contributed by atoms with van der Waals surface area (Å²) in [6.07, 6.45) is -2.58. The van der Waals surface area contributed by atoms with E-state index in [4.69, 9.17) is 11.6 Å². The van der Waals surface area contributed by atoms with Crippen molar-refractivity contribution < 1.29 is 27.3 Å². The summed E-state index contributed by atoms with van der Waals surface area (Å²) in [4.78, 5) is 13.8. The Labute approximate surface area is 237 Å². The van der Waals surface area contributed by atoms with Crippen molar-refractivity contribution in [1.29, 1.82) is 0 Å². The van der Waals surface area contributed by atoms with E-state index >= 15 is 0 Å². The van der Waals surface area contributed by atoms with Crippen LogP contribution in [0.4, 0.5) is 13.2 Å². The number of alkyl halides is 3. The van der Waals surface area contributed by atoms with E-state index in [1.165, 1.54) is 12.1 Å². The molecule has 1 fully saturated rings. The van der Waals surface area contributed by atoms with Gasteiger partial charge in [0, 0.05) is 50.3 Å². The number of nitrogens with one attached hydrogen (secondary N) is 1. The lowest BCUT2D eigenvalue weighted by molar-refractivity contribution is -0.138. The number of hydrogen-bond acceptors (Lipinski definition) is 3. The lowest BCUT2D eigenvalue weighted by atomic mass is 10.0. The molecule has 1 aliphatic carbocycles. The molecule has 0 bridgehead atoms. The van der Waals surface area contributed by atoms with Crippen LogP contribution in [0.1, 0.15) is 64.6 Å². The van der Waals surface area contributed by atoms with Crippen LogP contribution in [-0.2, 0) is 23.4 Å².